The van der Waals surface area contributed by atoms with Crippen LogP contribution in [0.15, 0.2) is 59.3 Å². The van der Waals surface area contributed by atoms with E-state index in [4.69, 9.17) is 0 Å². The number of halogens is 4. The summed E-state index contributed by atoms with van der Waals surface area (Å²) in [5.74, 6) is -1.64. The molecule has 3 rings (SSSR count). The van der Waals surface area contributed by atoms with Crippen LogP contribution in [0.2, 0.25) is 0 Å². The summed E-state index contributed by atoms with van der Waals surface area (Å²) in [5, 5.41) is 6.29. The molecular formula is C19H15BrF3N5O2. The third-order valence-electron chi connectivity index (χ3n) is 4.01. The van der Waals surface area contributed by atoms with Crippen LogP contribution in [0.3, 0.4) is 0 Å². The standard InChI is InChI=1S/C19H15BrF3N5O2/c1-27(11-16(29)26-14-7-3-2-6-13(14)20)18(30)12-10-25-28(17(12)19(21,22)23)15-8-4-5-9-24-15/h2-10H,11H2,1H3,(H,26,29). The van der Waals surface area contributed by atoms with Crippen LogP contribution in [-0.4, -0.2) is 45.1 Å². The van der Waals surface area contributed by atoms with Crippen molar-refractivity contribution in [2.24, 2.45) is 0 Å². The minimum atomic E-state index is -4.86. The summed E-state index contributed by atoms with van der Waals surface area (Å²) < 4.78 is 42.3. The molecule has 156 valence electrons. The van der Waals surface area contributed by atoms with Crippen LogP contribution < -0.4 is 5.32 Å². The smallest absolute Gasteiger partial charge is 0.332 e. The second-order valence-electron chi connectivity index (χ2n) is 6.19. The lowest BCUT2D eigenvalue weighted by Gasteiger charge is -2.18. The number of hydrogen-bond donors (Lipinski definition) is 1. The number of benzene rings is 1. The summed E-state index contributed by atoms with van der Waals surface area (Å²) in [7, 11) is 1.24. The van der Waals surface area contributed by atoms with Gasteiger partial charge in [-0.25, -0.2) is 9.67 Å². The van der Waals surface area contributed by atoms with Crippen LogP contribution in [0.1, 0.15) is 16.1 Å². The molecule has 0 atom stereocenters. The molecule has 0 bridgehead atoms. The van der Waals surface area contributed by atoms with Crippen LogP contribution in [0.25, 0.3) is 5.82 Å². The van der Waals surface area contributed by atoms with Gasteiger partial charge in [0.2, 0.25) is 5.91 Å². The Kier molecular flexibility index (Phi) is 6.20. The van der Waals surface area contributed by atoms with Gasteiger partial charge in [-0.05, 0) is 40.2 Å². The average molecular weight is 482 g/mol. The zero-order valence-electron chi connectivity index (χ0n) is 15.5. The molecule has 2 amide bonds. The third-order valence-corrected chi connectivity index (χ3v) is 4.70. The molecular weight excluding hydrogens is 467 g/mol. The van der Waals surface area contributed by atoms with Crippen molar-refractivity contribution in [1.29, 1.82) is 0 Å². The Morgan fingerprint density at radius 3 is 2.50 bits per heavy atom. The molecule has 0 saturated carbocycles. The highest BCUT2D eigenvalue weighted by atomic mass is 79.9. The molecule has 2 heterocycles. The molecule has 0 radical (unpaired) electrons. The van der Waals surface area contributed by atoms with Gasteiger partial charge in [0.05, 0.1) is 24.0 Å². The maximum Gasteiger partial charge on any atom is 0.434 e. The summed E-state index contributed by atoms with van der Waals surface area (Å²) in [6.07, 6.45) is -2.73. The highest BCUT2D eigenvalue weighted by Gasteiger charge is 2.41. The number of nitrogens with zero attached hydrogens (tertiary/aromatic N) is 4. The summed E-state index contributed by atoms with van der Waals surface area (Å²) in [4.78, 5) is 29.7. The quantitative estimate of drug-likeness (QED) is 0.601. The summed E-state index contributed by atoms with van der Waals surface area (Å²) in [6.45, 7) is -0.452. The number of carbonyl (C=O) groups is 2. The topological polar surface area (TPSA) is 80.1 Å². The molecule has 3 aromatic rings. The second kappa shape index (κ2) is 8.66. The predicted molar refractivity (Wildman–Crippen MR) is 106 cm³/mol. The molecule has 0 fully saturated rings. The fraction of sp³-hybridized carbons (Fsp3) is 0.158. The third kappa shape index (κ3) is 4.67. The molecule has 30 heavy (non-hydrogen) atoms. The summed E-state index contributed by atoms with van der Waals surface area (Å²) in [6, 6.07) is 11.2. The normalized spacial score (nSPS) is 11.2. The van der Waals surface area contributed by atoms with Gasteiger partial charge in [0.15, 0.2) is 11.5 Å². The van der Waals surface area contributed by atoms with E-state index in [9.17, 15) is 22.8 Å². The van der Waals surface area contributed by atoms with E-state index in [2.05, 4.69) is 31.3 Å². The number of carbonyl (C=O) groups excluding carboxylic acids is 2. The molecule has 0 saturated heterocycles. The Morgan fingerprint density at radius 2 is 1.87 bits per heavy atom. The first-order valence-corrected chi connectivity index (χ1v) is 9.34. The number of alkyl halides is 3. The van der Waals surface area contributed by atoms with E-state index in [0.717, 1.165) is 11.1 Å². The molecule has 0 unspecified atom stereocenters. The maximum atomic E-state index is 13.7. The summed E-state index contributed by atoms with van der Waals surface area (Å²) >= 11 is 3.28. The van der Waals surface area contributed by atoms with Crippen LogP contribution in [0.4, 0.5) is 18.9 Å². The second-order valence-corrected chi connectivity index (χ2v) is 7.05. The SMILES string of the molecule is CN(CC(=O)Nc1ccccc1Br)C(=O)c1cnn(-c2ccccn2)c1C(F)(F)F. The lowest BCUT2D eigenvalue weighted by atomic mass is 10.2. The van der Waals surface area contributed by atoms with Crippen LogP contribution in [-0.2, 0) is 11.0 Å². The Morgan fingerprint density at radius 1 is 1.17 bits per heavy atom. The number of rotatable bonds is 5. The van der Waals surface area contributed by atoms with E-state index in [0.29, 0.717) is 14.8 Å². The van der Waals surface area contributed by atoms with Crippen molar-refractivity contribution in [3.63, 3.8) is 0 Å². The zero-order valence-corrected chi connectivity index (χ0v) is 17.1. The van der Waals surface area contributed by atoms with Crippen LogP contribution in [0.5, 0.6) is 0 Å². The number of anilines is 1. The summed E-state index contributed by atoms with van der Waals surface area (Å²) in [5.41, 5.74) is -1.46. The molecule has 1 N–H and O–H groups in total. The van der Waals surface area contributed by atoms with Crippen molar-refractivity contribution < 1.29 is 22.8 Å². The van der Waals surface area contributed by atoms with Gasteiger partial charge in [-0.3, -0.25) is 9.59 Å². The first-order chi connectivity index (χ1) is 14.2. The molecule has 0 aliphatic rings. The van der Waals surface area contributed by atoms with Gasteiger partial charge in [-0.2, -0.15) is 18.3 Å². The molecule has 0 aliphatic carbocycles. The number of pyridine rings is 1. The zero-order chi connectivity index (χ0) is 21.9. The average Bonchev–Trinajstić information content (AvgIpc) is 3.15. The van der Waals surface area contributed by atoms with E-state index < -0.39 is 35.8 Å². The van der Waals surface area contributed by atoms with Crippen LogP contribution in [0, 0.1) is 0 Å². The van der Waals surface area contributed by atoms with Gasteiger partial charge >= 0.3 is 6.18 Å². The van der Waals surface area contributed by atoms with E-state index in [1.807, 2.05) is 0 Å². The minimum absolute atomic E-state index is 0.0850. The first-order valence-electron chi connectivity index (χ1n) is 8.55. The Labute approximate surface area is 177 Å². The number of aromatic nitrogens is 3. The van der Waals surface area contributed by atoms with Crippen molar-refractivity contribution >= 4 is 33.4 Å². The van der Waals surface area contributed by atoms with Gasteiger partial charge in [0, 0.05) is 17.7 Å². The number of likely N-dealkylation sites (N-methyl/N-ethyl adjacent to an activating group) is 1. The highest BCUT2D eigenvalue weighted by Crippen LogP contribution is 2.33. The van der Waals surface area contributed by atoms with Crippen molar-refractivity contribution in [1.82, 2.24) is 19.7 Å². The molecule has 0 spiro atoms. The van der Waals surface area contributed by atoms with E-state index >= 15 is 0 Å². The van der Waals surface area contributed by atoms with Crippen molar-refractivity contribution in [2.75, 3.05) is 18.9 Å². The number of nitrogens with one attached hydrogen (secondary N) is 1. The largest absolute Gasteiger partial charge is 0.434 e. The monoisotopic (exact) mass is 481 g/mol. The first kappa shape index (κ1) is 21.5. The fourth-order valence-electron chi connectivity index (χ4n) is 2.68. The molecule has 1 aromatic carbocycles. The Balaban J connectivity index is 1.83. The molecule has 7 nitrogen and oxygen atoms in total. The molecule has 0 aliphatic heterocycles. The van der Waals surface area contributed by atoms with Gasteiger partial charge < -0.3 is 10.2 Å². The predicted octanol–water partition coefficient (Wildman–Crippen LogP) is 3.76. The highest BCUT2D eigenvalue weighted by molar-refractivity contribution is 9.10. The van der Waals surface area contributed by atoms with Crippen molar-refractivity contribution in [2.45, 2.75) is 6.18 Å². The minimum Gasteiger partial charge on any atom is -0.332 e. The van der Waals surface area contributed by atoms with E-state index in [1.165, 1.54) is 25.4 Å². The lowest BCUT2D eigenvalue weighted by molar-refractivity contribution is -0.143. The number of hydrogen-bond acceptors (Lipinski definition) is 4. The lowest BCUT2D eigenvalue weighted by Crippen LogP contribution is -2.36. The van der Waals surface area contributed by atoms with Gasteiger partial charge in [0.25, 0.3) is 5.91 Å². The van der Waals surface area contributed by atoms with Gasteiger partial charge in [-0.15, -0.1) is 0 Å². The van der Waals surface area contributed by atoms with Crippen LogP contribution >= 0.6 is 15.9 Å². The molecule has 2 aromatic heterocycles. The molecule has 11 heteroatoms. The van der Waals surface area contributed by atoms with Gasteiger partial charge in [0.1, 0.15) is 0 Å². The maximum absolute atomic E-state index is 13.7. The van der Waals surface area contributed by atoms with E-state index in [-0.39, 0.29) is 5.82 Å². The Bertz CT molecular complexity index is 1070. The van der Waals surface area contributed by atoms with Gasteiger partial charge in [-0.1, -0.05) is 18.2 Å². The van der Waals surface area contributed by atoms with Crippen molar-refractivity contribution in [3.05, 3.63) is 70.6 Å². The Hall–Kier alpha value is -3.21. The van der Waals surface area contributed by atoms with Crippen molar-refractivity contribution in [3.8, 4) is 5.82 Å². The number of para-hydroxylation sites is 1. The number of amides is 2. The fourth-order valence-corrected chi connectivity index (χ4v) is 3.06. The van der Waals surface area contributed by atoms with E-state index in [1.54, 1.807) is 30.3 Å².